The quantitative estimate of drug-likeness (QED) is 0.794. The largest absolute Gasteiger partial charge is 0.444 e. The monoisotopic (exact) mass is 244 g/mol. The first-order valence-corrected chi connectivity index (χ1v) is 5.77. The Kier molecular flexibility index (Phi) is 5.61. The van der Waals surface area contributed by atoms with Crippen molar-refractivity contribution in [2.75, 3.05) is 6.54 Å². The van der Waals surface area contributed by atoms with Crippen molar-refractivity contribution in [3.63, 3.8) is 0 Å². The molecule has 0 fully saturated rings. The van der Waals surface area contributed by atoms with E-state index in [9.17, 15) is 9.59 Å². The van der Waals surface area contributed by atoms with Crippen LogP contribution in [0.5, 0.6) is 0 Å². The predicted octanol–water partition coefficient (Wildman–Crippen LogP) is 1.82. The van der Waals surface area contributed by atoms with Crippen molar-refractivity contribution in [3.05, 3.63) is 0 Å². The van der Waals surface area contributed by atoms with E-state index in [0.717, 1.165) is 0 Å². The minimum absolute atomic E-state index is 0.0355. The summed E-state index contributed by atoms with van der Waals surface area (Å²) >= 11 is 0. The van der Waals surface area contributed by atoms with Crippen molar-refractivity contribution in [3.8, 4) is 0 Å². The van der Waals surface area contributed by atoms with E-state index in [1.165, 1.54) is 0 Å². The van der Waals surface area contributed by atoms with Gasteiger partial charge in [0, 0.05) is 18.5 Å². The number of alkyl carbamates (subject to hydrolysis) is 1. The lowest BCUT2D eigenvalue weighted by Gasteiger charge is -2.21. The summed E-state index contributed by atoms with van der Waals surface area (Å²) in [7, 11) is 0. The van der Waals surface area contributed by atoms with Crippen LogP contribution in [0.2, 0.25) is 0 Å². The number of carbonyl (C=O) groups excluding carboxylic acids is 2. The van der Waals surface area contributed by atoms with Crippen LogP contribution >= 0.6 is 0 Å². The zero-order valence-corrected chi connectivity index (χ0v) is 11.6. The molecule has 5 nitrogen and oxygen atoms in total. The van der Waals surface area contributed by atoms with Gasteiger partial charge in [-0.2, -0.15) is 0 Å². The van der Waals surface area contributed by atoms with Gasteiger partial charge in [0.05, 0.1) is 0 Å². The van der Waals surface area contributed by atoms with Gasteiger partial charge in [0.25, 0.3) is 0 Å². The number of hydrogen-bond donors (Lipinski definition) is 2. The molecule has 0 aromatic heterocycles. The molecule has 0 aliphatic carbocycles. The molecule has 0 unspecified atom stereocenters. The lowest BCUT2D eigenvalue weighted by Crippen LogP contribution is -2.40. The fourth-order valence-electron chi connectivity index (χ4n) is 1.03. The molecule has 5 heteroatoms. The Morgan fingerprint density at radius 1 is 1.06 bits per heavy atom. The van der Waals surface area contributed by atoms with E-state index in [1.54, 1.807) is 20.8 Å². The molecule has 2 amide bonds. The first kappa shape index (κ1) is 15.9. The summed E-state index contributed by atoms with van der Waals surface area (Å²) in [6.07, 6.45) is -0.450. The summed E-state index contributed by atoms with van der Waals surface area (Å²) in [6.45, 7) is 11.8. The Labute approximate surface area is 103 Å². The average Bonchev–Trinajstić information content (AvgIpc) is 1.96. The molecule has 17 heavy (non-hydrogen) atoms. The van der Waals surface area contributed by atoms with Crippen molar-refractivity contribution in [2.24, 2.45) is 0 Å². The van der Waals surface area contributed by atoms with E-state index in [4.69, 9.17) is 4.74 Å². The number of imide groups is 1. The number of amides is 2. The highest BCUT2D eigenvalue weighted by atomic mass is 16.6. The van der Waals surface area contributed by atoms with Crippen molar-refractivity contribution in [2.45, 2.75) is 59.1 Å². The topological polar surface area (TPSA) is 67.4 Å². The van der Waals surface area contributed by atoms with Gasteiger partial charge in [-0.1, -0.05) is 0 Å². The second-order valence-corrected chi connectivity index (χ2v) is 5.98. The summed E-state index contributed by atoms with van der Waals surface area (Å²) < 4.78 is 4.96. The highest BCUT2D eigenvalue weighted by Crippen LogP contribution is 2.06. The van der Waals surface area contributed by atoms with Crippen LogP contribution < -0.4 is 10.6 Å². The molecule has 0 aliphatic heterocycles. The highest BCUT2D eigenvalue weighted by Gasteiger charge is 2.18. The fourth-order valence-corrected chi connectivity index (χ4v) is 1.03. The smallest absolute Gasteiger partial charge is 0.414 e. The van der Waals surface area contributed by atoms with Gasteiger partial charge < -0.3 is 10.1 Å². The van der Waals surface area contributed by atoms with Crippen molar-refractivity contribution in [1.29, 1.82) is 0 Å². The van der Waals surface area contributed by atoms with Gasteiger partial charge in [0.15, 0.2) is 0 Å². The van der Waals surface area contributed by atoms with Crippen LogP contribution in [0, 0.1) is 0 Å². The predicted molar refractivity (Wildman–Crippen MR) is 66.7 cm³/mol. The van der Waals surface area contributed by atoms with E-state index in [2.05, 4.69) is 10.6 Å². The summed E-state index contributed by atoms with van der Waals surface area (Å²) in [4.78, 5) is 22.6. The lowest BCUT2D eigenvalue weighted by atomic mass is 10.1. The minimum atomic E-state index is -0.696. The number of hydrogen-bond acceptors (Lipinski definition) is 4. The number of nitrogens with one attached hydrogen (secondary N) is 2. The Bertz CT molecular complexity index is 274. The molecule has 0 heterocycles. The molecular weight excluding hydrogens is 220 g/mol. The van der Waals surface area contributed by atoms with E-state index in [1.807, 2.05) is 20.8 Å². The first-order valence-electron chi connectivity index (χ1n) is 5.77. The van der Waals surface area contributed by atoms with Crippen LogP contribution in [0.3, 0.4) is 0 Å². The summed E-state index contributed by atoms with van der Waals surface area (Å²) in [5, 5.41) is 5.34. The van der Waals surface area contributed by atoms with E-state index in [0.29, 0.717) is 6.54 Å². The SMILES string of the molecule is CC(C)(C)NCCC(=O)NC(=O)OC(C)(C)C. The van der Waals surface area contributed by atoms with Gasteiger partial charge in [0.2, 0.25) is 5.91 Å². The summed E-state index contributed by atoms with van der Waals surface area (Å²) in [6, 6.07) is 0. The third-order valence-corrected chi connectivity index (χ3v) is 1.65. The number of rotatable bonds is 3. The van der Waals surface area contributed by atoms with Crippen molar-refractivity contribution < 1.29 is 14.3 Å². The molecule has 0 atom stereocenters. The van der Waals surface area contributed by atoms with Crippen LogP contribution in [0.4, 0.5) is 4.79 Å². The Morgan fingerprint density at radius 3 is 2.00 bits per heavy atom. The maximum absolute atomic E-state index is 11.4. The Morgan fingerprint density at radius 2 is 1.59 bits per heavy atom. The van der Waals surface area contributed by atoms with Gasteiger partial charge in [-0.3, -0.25) is 10.1 Å². The summed E-state index contributed by atoms with van der Waals surface area (Å²) in [5.74, 6) is -0.337. The van der Waals surface area contributed by atoms with Crippen LogP contribution in [-0.2, 0) is 9.53 Å². The van der Waals surface area contributed by atoms with Gasteiger partial charge in [-0.25, -0.2) is 4.79 Å². The lowest BCUT2D eigenvalue weighted by molar-refractivity contribution is -0.120. The third-order valence-electron chi connectivity index (χ3n) is 1.65. The Balaban J connectivity index is 3.84. The van der Waals surface area contributed by atoms with Crippen LogP contribution in [-0.4, -0.2) is 29.7 Å². The standard InChI is InChI=1S/C12H24N2O3/c1-11(2,3)13-8-7-9(15)14-10(16)17-12(4,5)6/h13H,7-8H2,1-6H3,(H,14,15,16). The molecule has 100 valence electrons. The maximum atomic E-state index is 11.4. The van der Waals surface area contributed by atoms with E-state index < -0.39 is 11.7 Å². The Hall–Kier alpha value is -1.10. The average molecular weight is 244 g/mol. The zero-order valence-electron chi connectivity index (χ0n) is 11.6. The van der Waals surface area contributed by atoms with Crippen LogP contribution in [0.15, 0.2) is 0 Å². The van der Waals surface area contributed by atoms with E-state index in [-0.39, 0.29) is 17.9 Å². The summed E-state index contributed by atoms with van der Waals surface area (Å²) in [5.41, 5.74) is -0.625. The molecule has 0 aromatic rings. The minimum Gasteiger partial charge on any atom is -0.444 e. The highest BCUT2D eigenvalue weighted by molar-refractivity contribution is 5.91. The van der Waals surface area contributed by atoms with Crippen LogP contribution in [0.1, 0.15) is 48.0 Å². The molecule has 0 rings (SSSR count). The normalized spacial score (nSPS) is 12.1. The van der Waals surface area contributed by atoms with Crippen molar-refractivity contribution >= 4 is 12.0 Å². The second kappa shape index (κ2) is 6.00. The second-order valence-electron chi connectivity index (χ2n) is 5.98. The molecule has 0 saturated carbocycles. The van der Waals surface area contributed by atoms with Gasteiger partial charge >= 0.3 is 6.09 Å². The molecular formula is C12H24N2O3. The third kappa shape index (κ3) is 11.2. The molecule has 0 bridgehead atoms. The molecule has 2 N–H and O–H groups in total. The van der Waals surface area contributed by atoms with Gasteiger partial charge in [-0.05, 0) is 41.5 Å². The fraction of sp³-hybridized carbons (Fsp3) is 0.833. The first-order chi connectivity index (χ1) is 7.49. The van der Waals surface area contributed by atoms with E-state index >= 15 is 0 Å². The zero-order chi connectivity index (χ0) is 13.7. The maximum Gasteiger partial charge on any atom is 0.414 e. The van der Waals surface area contributed by atoms with Crippen LogP contribution in [0.25, 0.3) is 0 Å². The molecule has 0 aliphatic rings. The number of carbonyl (C=O) groups is 2. The molecule has 0 spiro atoms. The molecule has 0 aromatic carbocycles. The van der Waals surface area contributed by atoms with Crippen molar-refractivity contribution in [1.82, 2.24) is 10.6 Å². The van der Waals surface area contributed by atoms with Gasteiger partial charge in [-0.15, -0.1) is 0 Å². The van der Waals surface area contributed by atoms with Gasteiger partial charge in [0.1, 0.15) is 5.60 Å². The molecule has 0 radical (unpaired) electrons. The number of ether oxygens (including phenoxy) is 1. The molecule has 0 saturated heterocycles.